The van der Waals surface area contributed by atoms with Gasteiger partial charge in [0.1, 0.15) is 22.6 Å². The lowest BCUT2D eigenvalue weighted by Crippen LogP contribution is -2.48. The summed E-state index contributed by atoms with van der Waals surface area (Å²) in [6.07, 6.45) is 1.20. The van der Waals surface area contributed by atoms with Crippen LogP contribution in [-0.4, -0.2) is 84.4 Å². The molecule has 1 aromatic carbocycles. The molecule has 2 rings (SSSR count). The number of carbonyl (C=O) groups excluding carboxylic acids is 3. The van der Waals surface area contributed by atoms with E-state index in [0.717, 1.165) is 12.0 Å². The molecule has 0 fully saturated rings. The molecule has 232 valence electrons. The average Bonchev–Trinajstić information content (AvgIpc) is 3.46. The summed E-state index contributed by atoms with van der Waals surface area (Å²) in [7, 11) is 3.33. The smallest absolute Gasteiger partial charge is 0.426 e. The first kappa shape index (κ1) is 35.6. The van der Waals surface area contributed by atoms with Crippen molar-refractivity contribution in [1.29, 1.82) is 0 Å². The van der Waals surface area contributed by atoms with Gasteiger partial charge in [-0.1, -0.05) is 64.4 Å². The van der Waals surface area contributed by atoms with E-state index in [1.54, 1.807) is 31.5 Å². The Hall–Kier alpha value is -2.64. The molecule has 4 N–H and O–H groups in total. The molecule has 0 spiro atoms. The van der Waals surface area contributed by atoms with Crippen LogP contribution >= 0.6 is 11.3 Å². The third kappa shape index (κ3) is 10.3. The maximum Gasteiger partial charge on any atom is 0.475 e. The lowest BCUT2D eigenvalue weighted by atomic mass is 9.76. The fraction of sp³-hybridized carbons (Fsp3) is 0.600. The van der Waals surface area contributed by atoms with Gasteiger partial charge in [-0.05, 0) is 30.9 Å². The highest BCUT2D eigenvalue weighted by Crippen LogP contribution is 2.31. The number of nitrogens with one attached hydrogen (secondary N) is 2. The Morgan fingerprint density at radius 2 is 1.81 bits per heavy atom. The summed E-state index contributed by atoms with van der Waals surface area (Å²) in [5.41, 5.74) is 1.01. The molecule has 2 amide bonds. The SMILES string of the molecule is CCC(C)[C@H](CC(=O)CNC)C(=O)N(C)[C@H](CC(OC)c1nc(C(=O)N[C@@H](Cc2ccccc2)B(O)O)cs1)C(C)C. The number of hydrogen-bond donors (Lipinski definition) is 4. The van der Waals surface area contributed by atoms with Crippen molar-refractivity contribution in [2.45, 2.75) is 71.5 Å². The summed E-state index contributed by atoms with van der Waals surface area (Å²) >= 11 is 1.28. The number of hydrogen-bond acceptors (Lipinski definition) is 9. The van der Waals surface area contributed by atoms with Crippen LogP contribution in [0.2, 0.25) is 0 Å². The first-order chi connectivity index (χ1) is 19.9. The van der Waals surface area contributed by atoms with Crippen LogP contribution in [0.3, 0.4) is 0 Å². The van der Waals surface area contributed by atoms with Gasteiger partial charge in [0, 0.05) is 44.3 Å². The number of ether oxygens (including phenoxy) is 1. The fourth-order valence-electron chi connectivity index (χ4n) is 5.03. The summed E-state index contributed by atoms with van der Waals surface area (Å²) in [6.45, 7) is 8.34. The number of thiazole rings is 1. The number of likely N-dealkylation sites (N-methyl/N-ethyl adjacent to an activating group) is 1. The number of amides is 2. The predicted octanol–water partition coefficient (Wildman–Crippen LogP) is 2.90. The lowest BCUT2D eigenvalue weighted by Gasteiger charge is -2.36. The van der Waals surface area contributed by atoms with Crippen molar-refractivity contribution < 1.29 is 29.2 Å². The number of aromatic nitrogens is 1. The van der Waals surface area contributed by atoms with Crippen molar-refractivity contribution in [3.05, 3.63) is 52.0 Å². The molecule has 0 bridgehead atoms. The Morgan fingerprint density at radius 1 is 1.14 bits per heavy atom. The van der Waals surface area contributed by atoms with Crippen molar-refractivity contribution in [2.75, 3.05) is 27.7 Å². The van der Waals surface area contributed by atoms with Crippen LogP contribution in [0.5, 0.6) is 0 Å². The van der Waals surface area contributed by atoms with Crippen molar-refractivity contribution in [1.82, 2.24) is 20.5 Å². The van der Waals surface area contributed by atoms with Crippen LogP contribution in [-0.2, 0) is 20.7 Å². The van der Waals surface area contributed by atoms with Crippen LogP contribution in [0, 0.1) is 17.8 Å². The van der Waals surface area contributed by atoms with Gasteiger partial charge in [-0.25, -0.2) is 4.98 Å². The third-order valence-electron chi connectivity index (χ3n) is 7.83. The second-order valence-electron chi connectivity index (χ2n) is 11.2. The van der Waals surface area contributed by atoms with E-state index in [0.29, 0.717) is 11.4 Å². The van der Waals surface area contributed by atoms with Gasteiger partial charge in [0.15, 0.2) is 0 Å². The minimum absolute atomic E-state index is 0.00808. The number of ketones is 1. The van der Waals surface area contributed by atoms with E-state index in [4.69, 9.17) is 4.74 Å². The van der Waals surface area contributed by atoms with Gasteiger partial charge in [-0.2, -0.15) is 0 Å². The zero-order valence-electron chi connectivity index (χ0n) is 25.9. The van der Waals surface area contributed by atoms with Crippen molar-refractivity contribution in [3.8, 4) is 0 Å². The molecule has 0 saturated carbocycles. The van der Waals surface area contributed by atoms with Gasteiger partial charge in [0.25, 0.3) is 5.91 Å². The van der Waals surface area contributed by atoms with Crippen LogP contribution < -0.4 is 10.6 Å². The molecule has 0 radical (unpaired) electrons. The van der Waals surface area contributed by atoms with Crippen LogP contribution in [0.1, 0.15) is 74.1 Å². The molecule has 1 aromatic heterocycles. The zero-order chi connectivity index (χ0) is 31.4. The van der Waals surface area contributed by atoms with Gasteiger partial charge >= 0.3 is 7.12 Å². The maximum absolute atomic E-state index is 13.7. The summed E-state index contributed by atoms with van der Waals surface area (Å²) in [6, 6.07) is 9.06. The van der Waals surface area contributed by atoms with E-state index in [-0.39, 0.29) is 54.6 Å². The van der Waals surface area contributed by atoms with Gasteiger partial charge in [0.2, 0.25) is 5.91 Å². The molecular weight excluding hydrogens is 555 g/mol. The normalized spacial score (nSPS) is 15.0. The van der Waals surface area contributed by atoms with E-state index in [1.807, 2.05) is 58.0 Å². The zero-order valence-corrected chi connectivity index (χ0v) is 26.7. The average molecular weight is 603 g/mol. The first-order valence-electron chi connectivity index (χ1n) is 14.5. The number of benzene rings is 1. The minimum Gasteiger partial charge on any atom is -0.426 e. The second kappa shape index (κ2) is 17.5. The van der Waals surface area contributed by atoms with Crippen LogP contribution in [0.25, 0.3) is 0 Å². The second-order valence-corrected chi connectivity index (χ2v) is 12.1. The number of nitrogens with zero attached hydrogens (tertiary/aromatic N) is 2. The lowest BCUT2D eigenvalue weighted by molar-refractivity contribution is -0.142. The highest BCUT2D eigenvalue weighted by molar-refractivity contribution is 7.09. The third-order valence-corrected chi connectivity index (χ3v) is 8.77. The molecule has 0 saturated heterocycles. The summed E-state index contributed by atoms with van der Waals surface area (Å²) in [4.78, 5) is 45.4. The molecule has 1 heterocycles. The summed E-state index contributed by atoms with van der Waals surface area (Å²) < 4.78 is 5.80. The number of methoxy groups -OCH3 is 1. The van der Waals surface area contributed by atoms with Gasteiger partial charge in [-0.3, -0.25) is 14.4 Å². The van der Waals surface area contributed by atoms with Gasteiger partial charge in [0.05, 0.1) is 12.5 Å². The van der Waals surface area contributed by atoms with E-state index < -0.39 is 31.0 Å². The molecule has 12 heteroatoms. The Bertz CT molecular complexity index is 1130. The number of rotatable bonds is 18. The maximum atomic E-state index is 13.7. The highest BCUT2D eigenvalue weighted by atomic mass is 32.1. The summed E-state index contributed by atoms with van der Waals surface area (Å²) in [5, 5.41) is 27.5. The minimum atomic E-state index is -1.74. The molecule has 2 unspecified atom stereocenters. The Labute approximate surface area is 254 Å². The molecule has 2 aromatic rings. The monoisotopic (exact) mass is 602 g/mol. The largest absolute Gasteiger partial charge is 0.475 e. The molecular formula is C30H47BN4O6S. The van der Waals surface area contributed by atoms with Crippen LogP contribution in [0.4, 0.5) is 0 Å². The Morgan fingerprint density at radius 3 is 2.36 bits per heavy atom. The van der Waals surface area contributed by atoms with Crippen molar-refractivity contribution in [2.24, 2.45) is 17.8 Å². The standard InChI is InChI=1S/C30H47BN4O6S/c1-8-20(4)23(15-22(36)17-32-5)30(38)35(6)25(19(2)3)16-26(41-7)29-33-24(18-42-29)28(37)34-27(31(39)40)14-21-12-10-9-11-13-21/h9-13,18-20,23,25-27,32,39-40H,8,14-17H2,1-7H3,(H,34,37)/t20?,23-,25+,26?,27-/m0/s1. The van der Waals surface area contributed by atoms with E-state index in [1.165, 1.54) is 11.3 Å². The quantitative estimate of drug-likeness (QED) is 0.191. The Balaban J connectivity index is 2.18. The van der Waals surface area contributed by atoms with E-state index >= 15 is 0 Å². The van der Waals surface area contributed by atoms with Gasteiger partial charge < -0.3 is 30.3 Å². The first-order valence-corrected chi connectivity index (χ1v) is 15.4. The topological polar surface area (TPSA) is 141 Å². The molecule has 0 aliphatic rings. The number of Topliss-reactive ketones (excluding diaryl/α,β-unsaturated/α-hetero) is 1. The van der Waals surface area contributed by atoms with E-state index in [2.05, 4.69) is 15.6 Å². The Kier molecular flexibility index (Phi) is 14.8. The fourth-order valence-corrected chi connectivity index (χ4v) is 5.92. The summed E-state index contributed by atoms with van der Waals surface area (Å²) in [5.74, 6) is -1.75. The van der Waals surface area contributed by atoms with Gasteiger partial charge in [-0.15, -0.1) is 11.3 Å². The van der Waals surface area contributed by atoms with Crippen molar-refractivity contribution in [3.63, 3.8) is 0 Å². The highest BCUT2D eigenvalue weighted by Gasteiger charge is 2.35. The molecule has 5 atom stereocenters. The molecule has 10 nitrogen and oxygen atoms in total. The molecule has 0 aliphatic heterocycles. The predicted molar refractivity (Wildman–Crippen MR) is 166 cm³/mol. The number of carbonyl (C=O) groups is 3. The van der Waals surface area contributed by atoms with E-state index in [9.17, 15) is 24.4 Å². The molecule has 42 heavy (non-hydrogen) atoms. The van der Waals surface area contributed by atoms with Crippen molar-refractivity contribution >= 4 is 36.1 Å². The van der Waals surface area contributed by atoms with Crippen LogP contribution in [0.15, 0.2) is 35.7 Å². The molecule has 0 aliphatic carbocycles.